The van der Waals surface area contributed by atoms with Gasteiger partial charge in [-0.1, -0.05) is 17.7 Å². The molecular formula is C15H18ClNO4. The molecule has 0 unspecified atom stereocenters. The van der Waals surface area contributed by atoms with Crippen LogP contribution in [-0.2, 0) is 9.53 Å². The van der Waals surface area contributed by atoms with Crippen LogP contribution in [0.4, 0.5) is 0 Å². The first-order valence-electron chi connectivity index (χ1n) is 6.81. The molecule has 6 heteroatoms. The van der Waals surface area contributed by atoms with Crippen LogP contribution in [-0.4, -0.2) is 36.7 Å². The van der Waals surface area contributed by atoms with Crippen LogP contribution in [0.2, 0.25) is 5.02 Å². The highest BCUT2D eigenvalue weighted by Gasteiger charge is 2.40. The summed E-state index contributed by atoms with van der Waals surface area (Å²) in [5.41, 5.74) is 0.212. The topological polar surface area (TPSA) is 75.6 Å². The summed E-state index contributed by atoms with van der Waals surface area (Å²) in [6.07, 6.45) is 0.800. The molecule has 1 fully saturated rings. The first-order chi connectivity index (χ1) is 9.96. The standard InChI is InChI=1S/C15H18ClNO4/c1-10-11(3-2-4-12(10)16)13(18)17-9-15(14(19)20)5-7-21-8-6-15/h2-4H,5-9H2,1H3,(H,17,18)(H,19,20). The van der Waals surface area contributed by atoms with E-state index in [1.165, 1.54) is 0 Å². The Bertz CT molecular complexity index is 553. The fourth-order valence-corrected chi connectivity index (χ4v) is 2.60. The molecule has 2 rings (SSSR count). The van der Waals surface area contributed by atoms with E-state index in [0.29, 0.717) is 42.2 Å². The zero-order valence-electron chi connectivity index (χ0n) is 11.8. The Hall–Kier alpha value is -1.59. The second-order valence-electron chi connectivity index (χ2n) is 5.29. The quantitative estimate of drug-likeness (QED) is 0.894. The summed E-state index contributed by atoms with van der Waals surface area (Å²) >= 11 is 5.99. The van der Waals surface area contributed by atoms with Gasteiger partial charge in [0.05, 0.1) is 5.41 Å². The van der Waals surface area contributed by atoms with Gasteiger partial charge in [-0.05, 0) is 37.5 Å². The van der Waals surface area contributed by atoms with Crippen LogP contribution in [0.25, 0.3) is 0 Å². The van der Waals surface area contributed by atoms with Crippen molar-refractivity contribution in [1.29, 1.82) is 0 Å². The summed E-state index contributed by atoms with van der Waals surface area (Å²) in [7, 11) is 0. The van der Waals surface area contributed by atoms with E-state index < -0.39 is 11.4 Å². The first-order valence-corrected chi connectivity index (χ1v) is 7.18. The van der Waals surface area contributed by atoms with E-state index in [2.05, 4.69) is 5.32 Å². The average Bonchev–Trinajstić information content (AvgIpc) is 2.48. The first kappa shape index (κ1) is 15.8. The molecule has 0 aliphatic carbocycles. The zero-order valence-corrected chi connectivity index (χ0v) is 12.6. The van der Waals surface area contributed by atoms with Crippen molar-refractivity contribution in [2.24, 2.45) is 5.41 Å². The maximum Gasteiger partial charge on any atom is 0.311 e. The second kappa shape index (κ2) is 6.45. The normalized spacial score (nSPS) is 17.2. The predicted molar refractivity (Wildman–Crippen MR) is 78.6 cm³/mol. The third-order valence-corrected chi connectivity index (χ3v) is 4.41. The van der Waals surface area contributed by atoms with Crippen molar-refractivity contribution in [2.75, 3.05) is 19.8 Å². The van der Waals surface area contributed by atoms with E-state index in [4.69, 9.17) is 16.3 Å². The number of carboxylic acid groups (broad SMARTS) is 1. The van der Waals surface area contributed by atoms with Gasteiger partial charge in [-0.15, -0.1) is 0 Å². The van der Waals surface area contributed by atoms with E-state index in [0.717, 1.165) is 0 Å². The number of rotatable bonds is 4. The number of carbonyl (C=O) groups is 2. The second-order valence-corrected chi connectivity index (χ2v) is 5.70. The molecule has 0 bridgehead atoms. The monoisotopic (exact) mass is 311 g/mol. The van der Waals surface area contributed by atoms with Crippen molar-refractivity contribution in [3.8, 4) is 0 Å². The summed E-state index contributed by atoms with van der Waals surface area (Å²) in [5.74, 6) is -1.20. The third-order valence-electron chi connectivity index (χ3n) is 4.00. The molecular weight excluding hydrogens is 294 g/mol. The lowest BCUT2D eigenvalue weighted by atomic mass is 9.80. The summed E-state index contributed by atoms with van der Waals surface area (Å²) in [5, 5.41) is 12.7. The maximum absolute atomic E-state index is 12.2. The fourth-order valence-electron chi connectivity index (χ4n) is 2.43. The molecule has 1 aliphatic heterocycles. The van der Waals surface area contributed by atoms with Gasteiger partial charge < -0.3 is 15.2 Å². The summed E-state index contributed by atoms with van der Waals surface area (Å²) < 4.78 is 5.21. The van der Waals surface area contributed by atoms with Crippen LogP contribution in [0.5, 0.6) is 0 Å². The van der Waals surface area contributed by atoms with E-state index in [9.17, 15) is 14.7 Å². The Labute approximate surface area is 128 Å². The fraction of sp³-hybridized carbons (Fsp3) is 0.467. The van der Waals surface area contributed by atoms with Crippen LogP contribution >= 0.6 is 11.6 Å². The molecule has 114 valence electrons. The van der Waals surface area contributed by atoms with Crippen molar-refractivity contribution >= 4 is 23.5 Å². The summed E-state index contributed by atoms with van der Waals surface area (Å²) in [6.45, 7) is 2.66. The molecule has 21 heavy (non-hydrogen) atoms. The van der Waals surface area contributed by atoms with E-state index in [-0.39, 0.29) is 12.5 Å². The molecule has 0 atom stereocenters. The van der Waals surface area contributed by atoms with Crippen LogP contribution in [0.3, 0.4) is 0 Å². The molecule has 1 aromatic rings. The van der Waals surface area contributed by atoms with Gasteiger partial charge in [0.15, 0.2) is 0 Å². The van der Waals surface area contributed by atoms with Crippen molar-refractivity contribution in [3.63, 3.8) is 0 Å². The summed E-state index contributed by atoms with van der Waals surface area (Å²) in [6, 6.07) is 5.09. The van der Waals surface area contributed by atoms with Gasteiger partial charge in [0.25, 0.3) is 5.91 Å². The molecule has 0 spiro atoms. The van der Waals surface area contributed by atoms with E-state index >= 15 is 0 Å². The minimum Gasteiger partial charge on any atom is -0.481 e. The van der Waals surface area contributed by atoms with Gasteiger partial charge in [0.1, 0.15) is 0 Å². The lowest BCUT2D eigenvalue weighted by molar-refractivity contribution is -0.154. The molecule has 1 aromatic carbocycles. The minimum atomic E-state index is -0.944. The number of amides is 1. The number of halogens is 1. The Balaban J connectivity index is 2.09. The number of nitrogens with one attached hydrogen (secondary N) is 1. The number of carbonyl (C=O) groups excluding carboxylic acids is 1. The summed E-state index contributed by atoms with van der Waals surface area (Å²) in [4.78, 5) is 23.7. The van der Waals surface area contributed by atoms with Gasteiger partial charge in [0, 0.05) is 30.3 Å². The van der Waals surface area contributed by atoms with Crippen molar-refractivity contribution in [3.05, 3.63) is 34.3 Å². The molecule has 1 saturated heterocycles. The van der Waals surface area contributed by atoms with E-state index in [1.807, 2.05) is 0 Å². The average molecular weight is 312 g/mol. The van der Waals surface area contributed by atoms with Gasteiger partial charge >= 0.3 is 5.97 Å². The third kappa shape index (κ3) is 3.36. The number of carboxylic acids is 1. The number of ether oxygens (including phenoxy) is 1. The molecule has 1 amide bonds. The Kier molecular flexibility index (Phi) is 4.85. The van der Waals surface area contributed by atoms with E-state index in [1.54, 1.807) is 25.1 Å². The highest BCUT2D eigenvalue weighted by molar-refractivity contribution is 6.31. The Morgan fingerprint density at radius 3 is 2.67 bits per heavy atom. The highest BCUT2D eigenvalue weighted by atomic mass is 35.5. The molecule has 2 N–H and O–H groups in total. The van der Waals surface area contributed by atoms with Gasteiger partial charge in [-0.3, -0.25) is 9.59 Å². The smallest absolute Gasteiger partial charge is 0.311 e. The number of benzene rings is 1. The minimum absolute atomic E-state index is 0.0937. The lowest BCUT2D eigenvalue weighted by Gasteiger charge is -2.33. The maximum atomic E-state index is 12.2. The number of hydrogen-bond donors (Lipinski definition) is 2. The van der Waals surface area contributed by atoms with Crippen molar-refractivity contribution < 1.29 is 19.4 Å². The highest BCUT2D eigenvalue weighted by Crippen LogP contribution is 2.30. The van der Waals surface area contributed by atoms with Crippen molar-refractivity contribution in [1.82, 2.24) is 5.32 Å². The van der Waals surface area contributed by atoms with Crippen molar-refractivity contribution in [2.45, 2.75) is 19.8 Å². The molecule has 0 aromatic heterocycles. The molecule has 0 saturated carbocycles. The number of hydrogen-bond acceptors (Lipinski definition) is 3. The SMILES string of the molecule is Cc1c(Cl)cccc1C(=O)NCC1(C(=O)O)CCOCC1. The Morgan fingerprint density at radius 2 is 2.05 bits per heavy atom. The van der Waals surface area contributed by atoms with Crippen LogP contribution in [0, 0.1) is 12.3 Å². The van der Waals surface area contributed by atoms with Gasteiger partial charge in [0.2, 0.25) is 0 Å². The molecule has 1 aliphatic rings. The van der Waals surface area contributed by atoms with Crippen LogP contribution < -0.4 is 5.32 Å². The number of aliphatic carboxylic acids is 1. The zero-order chi connectivity index (χ0) is 15.5. The molecule has 0 radical (unpaired) electrons. The lowest BCUT2D eigenvalue weighted by Crippen LogP contribution is -2.46. The van der Waals surface area contributed by atoms with Gasteiger partial charge in [-0.25, -0.2) is 0 Å². The predicted octanol–water partition coefficient (Wildman–Crippen LogP) is 2.26. The van der Waals surface area contributed by atoms with Crippen LogP contribution in [0.15, 0.2) is 18.2 Å². The molecule has 1 heterocycles. The van der Waals surface area contributed by atoms with Crippen LogP contribution in [0.1, 0.15) is 28.8 Å². The Morgan fingerprint density at radius 1 is 1.38 bits per heavy atom. The molecule has 5 nitrogen and oxygen atoms in total. The van der Waals surface area contributed by atoms with Gasteiger partial charge in [-0.2, -0.15) is 0 Å². The largest absolute Gasteiger partial charge is 0.481 e.